The molecule has 4 nitrogen and oxygen atoms in total. The van der Waals surface area contributed by atoms with Crippen molar-refractivity contribution in [3.63, 3.8) is 0 Å². The summed E-state index contributed by atoms with van der Waals surface area (Å²) in [5.41, 5.74) is 0.815. The van der Waals surface area contributed by atoms with Crippen LogP contribution in [0.15, 0.2) is 46.4 Å². The SMILES string of the molecule is COc1ccc(NC(=O)/C(C#N)=C/c2ccc(F)c(Br)c2)cc1Cl. The minimum atomic E-state index is -0.598. The van der Waals surface area contributed by atoms with Crippen LogP contribution < -0.4 is 10.1 Å². The summed E-state index contributed by atoms with van der Waals surface area (Å²) in [7, 11) is 1.48. The Labute approximate surface area is 151 Å². The summed E-state index contributed by atoms with van der Waals surface area (Å²) in [6.45, 7) is 0. The van der Waals surface area contributed by atoms with Gasteiger partial charge in [0.05, 0.1) is 16.6 Å². The van der Waals surface area contributed by atoms with Crippen LogP contribution in [0.1, 0.15) is 5.56 Å². The van der Waals surface area contributed by atoms with E-state index in [9.17, 15) is 14.4 Å². The van der Waals surface area contributed by atoms with Gasteiger partial charge in [0.2, 0.25) is 0 Å². The lowest BCUT2D eigenvalue weighted by atomic mass is 10.1. The van der Waals surface area contributed by atoms with Crippen molar-refractivity contribution in [3.05, 3.63) is 62.8 Å². The summed E-state index contributed by atoms with van der Waals surface area (Å²) in [6, 6.07) is 10.7. The lowest BCUT2D eigenvalue weighted by Gasteiger charge is -2.07. The number of hydrogen-bond donors (Lipinski definition) is 1. The third-order valence-corrected chi connectivity index (χ3v) is 3.93. The van der Waals surface area contributed by atoms with Gasteiger partial charge in [-0.1, -0.05) is 17.7 Å². The van der Waals surface area contributed by atoms with E-state index in [0.717, 1.165) is 0 Å². The minimum absolute atomic E-state index is 0.125. The molecule has 2 aromatic rings. The Kier molecular flexibility index (Phi) is 5.96. The number of benzene rings is 2. The molecule has 0 bridgehead atoms. The van der Waals surface area contributed by atoms with Crippen molar-refractivity contribution in [3.8, 4) is 11.8 Å². The maximum absolute atomic E-state index is 13.2. The number of amides is 1. The molecule has 0 heterocycles. The van der Waals surface area contributed by atoms with Gasteiger partial charge < -0.3 is 10.1 Å². The second kappa shape index (κ2) is 7.95. The first-order valence-electron chi connectivity index (χ1n) is 6.66. The zero-order valence-corrected chi connectivity index (χ0v) is 14.8. The van der Waals surface area contributed by atoms with E-state index in [-0.39, 0.29) is 10.0 Å². The van der Waals surface area contributed by atoms with Gasteiger partial charge in [0, 0.05) is 5.69 Å². The molecule has 122 valence electrons. The second-order valence-corrected chi connectivity index (χ2v) is 5.91. The summed E-state index contributed by atoms with van der Waals surface area (Å²) in [6.07, 6.45) is 1.37. The second-order valence-electron chi connectivity index (χ2n) is 4.65. The highest BCUT2D eigenvalue weighted by Gasteiger charge is 2.11. The van der Waals surface area contributed by atoms with Gasteiger partial charge in [-0.25, -0.2) is 4.39 Å². The van der Waals surface area contributed by atoms with Crippen LogP contribution in [0.2, 0.25) is 5.02 Å². The van der Waals surface area contributed by atoms with Crippen molar-refractivity contribution in [2.75, 3.05) is 12.4 Å². The van der Waals surface area contributed by atoms with Crippen LogP contribution in [0, 0.1) is 17.1 Å². The Morgan fingerprint density at radius 3 is 2.71 bits per heavy atom. The van der Waals surface area contributed by atoms with Gasteiger partial charge in [0.1, 0.15) is 23.2 Å². The molecule has 0 aliphatic rings. The number of methoxy groups -OCH3 is 1. The number of carbonyl (C=O) groups excluding carboxylic acids is 1. The highest BCUT2D eigenvalue weighted by molar-refractivity contribution is 9.10. The van der Waals surface area contributed by atoms with Crippen LogP contribution in [0.5, 0.6) is 5.75 Å². The zero-order valence-electron chi connectivity index (χ0n) is 12.4. The molecule has 0 saturated carbocycles. The molecule has 1 amide bonds. The molecule has 0 atom stereocenters. The van der Waals surface area contributed by atoms with Gasteiger partial charge in [0.15, 0.2) is 0 Å². The van der Waals surface area contributed by atoms with E-state index in [4.69, 9.17) is 16.3 Å². The van der Waals surface area contributed by atoms with Crippen molar-refractivity contribution in [2.45, 2.75) is 0 Å². The molecule has 0 fully saturated rings. The summed E-state index contributed by atoms with van der Waals surface area (Å²) in [5, 5.41) is 12.1. The number of halogens is 3. The molecular formula is C17H11BrClFN2O2. The van der Waals surface area contributed by atoms with Gasteiger partial charge in [-0.2, -0.15) is 5.26 Å². The number of hydrogen-bond acceptors (Lipinski definition) is 3. The normalized spacial score (nSPS) is 10.9. The number of ether oxygens (including phenoxy) is 1. The van der Waals surface area contributed by atoms with Crippen LogP contribution in [0.3, 0.4) is 0 Å². The number of anilines is 1. The number of nitrogens with one attached hydrogen (secondary N) is 1. The zero-order chi connectivity index (χ0) is 17.7. The lowest BCUT2D eigenvalue weighted by molar-refractivity contribution is -0.112. The molecule has 7 heteroatoms. The maximum Gasteiger partial charge on any atom is 0.266 e. The first-order chi connectivity index (χ1) is 11.4. The standard InChI is InChI=1S/C17H11BrClFN2O2/c1-24-16-5-3-12(8-14(16)19)22-17(23)11(9-21)6-10-2-4-15(20)13(18)7-10/h2-8H,1H3,(H,22,23)/b11-6+. The molecule has 0 aliphatic carbocycles. The van der Waals surface area contributed by atoms with E-state index in [1.807, 2.05) is 6.07 Å². The molecule has 2 aromatic carbocycles. The smallest absolute Gasteiger partial charge is 0.266 e. The molecule has 2 rings (SSSR count). The van der Waals surface area contributed by atoms with Crippen LogP contribution in [-0.2, 0) is 4.79 Å². The van der Waals surface area contributed by atoms with Crippen molar-refractivity contribution < 1.29 is 13.9 Å². The summed E-state index contributed by atoms with van der Waals surface area (Å²) < 4.78 is 18.5. The highest BCUT2D eigenvalue weighted by atomic mass is 79.9. The van der Waals surface area contributed by atoms with Gasteiger partial charge in [0.25, 0.3) is 5.91 Å². The molecular weight excluding hydrogens is 399 g/mol. The van der Waals surface area contributed by atoms with E-state index in [1.54, 1.807) is 12.1 Å². The van der Waals surface area contributed by atoms with Crippen molar-refractivity contribution >= 4 is 45.2 Å². The van der Waals surface area contributed by atoms with Crippen molar-refractivity contribution in [2.24, 2.45) is 0 Å². The quantitative estimate of drug-likeness (QED) is 0.583. The molecule has 0 aliphatic heterocycles. The van der Waals surface area contributed by atoms with Crippen molar-refractivity contribution in [1.82, 2.24) is 0 Å². The first kappa shape index (κ1) is 18.0. The van der Waals surface area contributed by atoms with Gasteiger partial charge in [-0.3, -0.25) is 4.79 Å². The topological polar surface area (TPSA) is 62.1 Å². The van der Waals surface area contributed by atoms with Gasteiger partial charge in [-0.05, 0) is 57.9 Å². The van der Waals surface area contributed by atoms with E-state index in [0.29, 0.717) is 22.0 Å². The fraction of sp³-hybridized carbons (Fsp3) is 0.0588. The summed E-state index contributed by atoms with van der Waals surface area (Å²) in [5.74, 6) is -0.552. The predicted octanol–water partition coefficient (Wildman–Crippen LogP) is 4.80. The van der Waals surface area contributed by atoms with Crippen LogP contribution in [0.4, 0.5) is 10.1 Å². The maximum atomic E-state index is 13.2. The predicted molar refractivity (Wildman–Crippen MR) is 94.3 cm³/mol. The van der Waals surface area contributed by atoms with E-state index in [1.165, 1.54) is 37.5 Å². The molecule has 24 heavy (non-hydrogen) atoms. The molecule has 1 N–H and O–H groups in total. The van der Waals surface area contributed by atoms with Crippen molar-refractivity contribution in [1.29, 1.82) is 5.26 Å². The number of nitriles is 1. The number of carbonyl (C=O) groups is 1. The van der Waals surface area contributed by atoms with Crippen LogP contribution in [-0.4, -0.2) is 13.0 Å². The van der Waals surface area contributed by atoms with E-state index < -0.39 is 11.7 Å². The monoisotopic (exact) mass is 408 g/mol. The number of nitrogens with zero attached hydrogens (tertiary/aromatic N) is 1. The third-order valence-electron chi connectivity index (χ3n) is 3.03. The van der Waals surface area contributed by atoms with Gasteiger partial charge in [-0.15, -0.1) is 0 Å². The Morgan fingerprint density at radius 1 is 1.38 bits per heavy atom. The molecule has 0 unspecified atom stereocenters. The lowest BCUT2D eigenvalue weighted by Crippen LogP contribution is -2.13. The fourth-order valence-corrected chi connectivity index (χ4v) is 2.51. The Hall–Kier alpha value is -2.36. The summed E-state index contributed by atoms with van der Waals surface area (Å²) >= 11 is 9.05. The molecule has 0 spiro atoms. The Bertz CT molecular complexity index is 862. The molecule has 0 aromatic heterocycles. The average Bonchev–Trinajstić information content (AvgIpc) is 2.56. The van der Waals surface area contributed by atoms with Gasteiger partial charge >= 0.3 is 0 Å². The molecule has 0 saturated heterocycles. The summed E-state index contributed by atoms with van der Waals surface area (Å²) in [4.78, 5) is 12.2. The largest absolute Gasteiger partial charge is 0.495 e. The number of rotatable bonds is 4. The first-order valence-corrected chi connectivity index (χ1v) is 7.83. The van der Waals surface area contributed by atoms with Crippen LogP contribution in [0.25, 0.3) is 6.08 Å². The average molecular weight is 410 g/mol. The van der Waals surface area contributed by atoms with E-state index in [2.05, 4.69) is 21.2 Å². The Balaban J connectivity index is 2.22. The van der Waals surface area contributed by atoms with Crippen LogP contribution >= 0.6 is 27.5 Å². The highest BCUT2D eigenvalue weighted by Crippen LogP contribution is 2.27. The van der Waals surface area contributed by atoms with E-state index >= 15 is 0 Å². The Morgan fingerprint density at radius 2 is 2.12 bits per heavy atom. The third kappa shape index (κ3) is 4.34. The fourth-order valence-electron chi connectivity index (χ4n) is 1.86. The molecule has 0 radical (unpaired) electrons. The minimum Gasteiger partial charge on any atom is -0.495 e.